The molecule has 4 aliphatic rings. The predicted octanol–water partition coefficient (Wildman–Crippen LogP) is 4.80. The molecule has 2 amide bonds. The lowest BCUT2D eigenvalue weighted by molar-refractivity contribution is -0.161. The molecule has 0 bridgehead atoms. The number of esters is 1. The molecule has 44 heavy (non-hydrogen) atoms. The van der Waals surface area contributed by atoms with Crippen LogP contribution < -0.4 is 4.90 Å². The molecule has 2 aromatic rings. The van der Waals surface area contributed by atoms with Crippen LogP contribution in [0.5, 0.6) is 0 Å². The molecule has 232 valence electrons. The van der Waals surface area contributed by atoms with E-state index in [9.17, 15) is 19.5 Å². The molecule has 2 saturated heterocycles. The molecule has 8 nitrogen and oxygen atoms in total. The van der Waals surface area contributed by atoms with Gasteiger partial charge in [-0.05, 0) is 56.2 Å². The molecule has 1 unspecified atom stereocenters. The van der Waals surface area contributed by atoms with Crippen LogP contribution in [0.4, 0.5) is 5.69 Å². The van der Waals surface area contributed by atoms with Gasteiger partial charge in [0, 0.05) is 6.54 Å². The van der Waals surface area contributed by atoms with E-state index in [2.05, 4.69) is 0 Å². The Morgan fingerprint density at radius 1 is 1.00 bits per heavy atom. The Morgan fingerprint density at radius 2 is 1.80 bits per heavy atom. The van der Waals surface area contributed by atoms with Gasteiger partial charge in [0.1, 0.15) is 23.2 Å². The molecule has 9 heteroatoms. The van der Waals surface area contributed by atoms with Crippen molar-refractivity contribution < 1.29 is 29.0 Å². The van der Waals surface area contributed by atoms with Crippen LogP contribution in [-0.4, -0.2) is 70.8 Å². The number of ether oxygens (including phenoxy) is 2. The van der Waals surface area contributed by atoms with E-state index in [1.807, 2.05) is 80.6 Å². The second-order valence-electron chi connectivity index (χ2n) is 12.2. The molecule has 1 N–H and O–H groups in total. The number of aliphatic hydroxyl groups excluding tert-OH is 1. The van der Waals surface area contributed by atoms with Crippen LogP contribution in [0.1, 0.15) is 43.7 Å². The van der Waals surface area contributed by atoms with Crippen LogP contribution >= 0.6 is 11.6 Å². The van der Waals surface area contributed by atoms with E-state index < -0.39 is 47.0 Å². The standard InChI is InChI=1S/C35H39ClN2O6/c1-3-34-17-9-4-5-10-20-43-33(42)28(34)27-31(40)38(25(22-39)21-24-14-7-6-8-15-24)30-32(41)37(19-12-18-35(27,30)44-34)29-23(2)13-11-16-26(29)36/h6-9,11-18,25,27-28,30,39H,3-5,10,19-22H2,1-2H3/b17-9-/t25-,27+,28-,30?,34+,35+/m1/s1. The van der Waals surface area contributed by atoms with E-state index in [0.29, 0.717) is 23.6 Å². The van der Waals surface area contributed by atoms with Gasteiger partial charge >= 0.3 is 5.97 Å². The lowest BCUT2D eigenvalue weighted by Gasteiger charge is -2.41. The van der Waals surface area contributed by atoms with Crippen molar-refractivity contribution in [1.29, 1.82) is 0 Å². The number of halogens is 1. The zero-order valence-electron chi connectivity index (χ0n) is 25.2. The zero-order chi connectivity index (χ0) is 31.1. The van der Waals surface area contributed by atoms with Gasteiger partial charge in [-0.1, -0.05) is 85.3 Å². The lowest BCUT2D eigenvalue weighted by Crippen LogP contribution is -2.59. The first-order chi connectivity index (χ1) is 21.3. The van der Waals surface area contributed by atoms with Crippen molar-refractivity contribution >= 4 is 35.1 Å². The third kappa shape index (κ3) is 4.88. The number of likely N-dealkylation sites (tertiary alicyclic amines) is 1. The van der Waals surface area contributed by atoms with Crippen molar-refractivity contribution in [3.8, 4) is 0 Å². The lowest BCUT2D eigenvalue weighted by atomic mass is 9.73. The Labute approximate surface area is 263 Å². The summed E-state index contributed by atoms with van der Waals surface area (Å²) in [5, 5.41) is 11.2. The predicted molar refractivity (Wildman–Crippen MR) is 167 cm³/mol. The minimum absolute atomic E-state index is 0.201. The molecule has 0 saturated carbocycles. The van der Waals surface area contributed by atoms with E-state index in [1.165, 1.54) is 4.90 Å². The number of aryl methyl sites for hydroxylation is 1. The first-order valence-corrected chi connectivity index (χ1v) is 15.9. The summed E-state index contributed by atoms with van der Waals surface area (Å²) >= 11 is 6.69. The number of aliphatic hydroxyl groups is 1. The number of carbonyl (C=O) groups excluding carboxylic acids is 3. The topological polar surface area (TPSA) is 96.4 Å². The zero-order valence-corrected chi connectivity index (χ0v) is 25.9. The maximum atomic E-state index is 15.0. The van der Waals surface area contributed by atoms with E-state index in [-0.39, 0.29) is 25.7 Å². The normalized spacial score (nSPS) is 31.5. The molecular weight excluding hydrogens is 580 g/mol. The third-order valence-corrected chi connectivity index (χ3v) is 10.0. The van der Waals surface area contributed by atoms with E-state index in [0.717, 1.165) is 30.4 Å². The molecular formula is C35H39ClN2O6. The molecule has 4 aliphatic heterocycles. The molecule has 6 rings (SSSR count). The number of fused-ring (bicyclic) bond motifs is 2. The number of carbonyl (C=O) groups is 3. The Balaban J connectivity index is 1.54. The highest BCUT2D eigenvalue weighted by Crippen LogP contribution is 2.59. The summed E-state index contributed by atoms with van der Waals surface area (Å²) in [5.41, 5.74) is -0.343. The maximum absolute atomic E-state index is 15.0. The Bertz CT molecular complexity index is 1470. The fraction of sp³-hybridized carbons (Fsp3) is 0.457. The number of para-hydroxylation sites is 1. The first kappa shape index (κ1) is 30.6. The number of rotatable bonds is 6. The molecule has 0 radical (unpaired) electrons. The fourth-order valence-electron chi connectivity index (χ4n) is 7.67. The molecule has 4 heterocycles. The summed E-state index contributed by atoms with van der Waals surface area (Å²) in [7, 11) is 0. The summed E-state index contributed by atoms with van der Waals surface area (Å²) in [5.74, 6) is -3.27. The van der Waals surface area contributed by atoms with Gasteiger partial charge in [-0.3, -0.25) is 14.4 Å². The van der Waals surface area contributed by atoms with Gasteiger partial charge in [0.2, 0.25) is 5.91 Å². The largest absolute Gasteiger partial charge is 0.465 e. The average molecular weight is 619 g/mol. The summed E-state index contributed by atoms with van der Waals surface area (Å²) in [4.78, 5) is 46.8. The fourth-order valence-corrected chi connectivity index (χ4v) is 8.00. The number of hydrogen-bond acceptors (Lipinski definition) is 6. The summed E-state index contributed by atoms with van der Waals surface area (Å²) in [6.07, 6.45) is 10.7. The molecule has 0 aliphatic carbocycles. The maximum Gasteiger partial charge on any atom is 0.313 e. The second-order valence-corrected chi connectivity index (χ2v) is 12.6. The van der Waals surface area contributed by atoms with Crippen molar-refractivity contribution in [1.82, 2.24) is 4.90 Å². The van der Waals surface area contributed by atoms with E-state index in [1.54, 1.807) is 11.0 Å². The Kier molecular flexibility index (Phi) is 8.44. The highest BCUT2D eigenvalue weighted by Gasteiger charge is 2.76. The highest BCUT2D eigenvalue weighted by atomic mass is 35.5. The SMILES string of the molecule is CC[C@]12/C=C\CCCCOC(=O)[C@H]1[C@H]1C(=O)N([C@@H](CO)Cc3ccccc3)C3C(=O)N(c4c(C)cccc4Cl)CC=C[C@@]31O2. The molecule has 2 fully saturated rings. The summed E-state index contributed by atoms with van der Waals surface area (Å²) in [6, 6.07) is 13.1. The summed E-state index contributed by atoms with van der Waals surface area (Å²) in [6.45, 7) is 3.89. The quantitative estimate of drug-likeness (QED) is 0.369. The summed E-state index contributed by atoms with van der Waals surface area (Å²) < 4.78 is 12.8. The van der Waals surface area contributed by atoms with E-state index in [4.69, 9.17) is 21.1 Å². The molecule has 6 atom stereocenters. The number of allylic oxidation sites excluding steroid dienone is 1. The van der Waals surface area contributed by atoms with Crippen LogP contribution in [0.25, 0.3) is 0 Å². The van der Waals surface area contributed by atoms with Gasteiger partial charge in [-0.15, -0.1) is 0 Å². The van der Waals surface area contributed by atoms with Gasteiger partial charge in [0.15, 0.2) is 0 Å². The van der Waals surface area contributed by atoms with Crippen LogP contribution in [0.15, 0.2) is 72.8 Å². The number of cyclic esters (lactones) is 1. The second kappa shape index (κ2) is 12.1. The minimum Gasteiger partial charge on any atom is -0.465 e. The first-order valence-electron chi connectivity index (χ1n) is 15.5. The number of benzene rings is 2. The van der Waals surface area contributed by atoms with Crippen molar-refractivity contribution in [2.75, 3.05) is 24.7 Å². The molecule has 1 spiro atoms. The van der Waals surface area contributed by atoms with Crippen molar-refractivity contribution in [2.24, 2.45) is 11.8 Å². The average Bonchev–Trinajstić information content (AvgIpc) is 3.38. The van der Waals surface area contributed by atoms with Gasteiger partial charge in [-0.2, -0.15) is 0 Å². The van der Waals surface area contributed by atoms with Gasteiger partial charge < -0.3 is 24.4 Å². The molecule has 0 aromatic heterocycles. The van der Waals surface area contributed by atoms with Gasteiger partial charge in [-0.25, -0.2) is 0 Å². The Hall–Kier alpha value is -3.46. The van der Waals surface area contributed by atoms with Crippen molar-refractivity contribution in [3.63, 3.8) is 0 Å². The Morgan fingerprint density at radius 3 is 2.52 bits per heavy atom. The smallest absolute Gasteiger partial charge is 0.313 e. The van der Waals surface area contributed by atoms with Crippen LogP contribution in [-0.2, 0) is 30.3 Å². The van der Waals surface area contributed by atoms with Crippen molar-refractivity contribution in [2.45, 2.75) is 69.2 Å². The van der Waals surface area contributed by atoms with Gasteiger partial charge in [0.25, 0.3) is 5.91 Å². The number of nitrogens with zero attached hydrogens (tertiary/aromatic N) is 2. The minimum atomic E-state index is -1.47. The van der Waals surface area contributed by atoms with Crippen LogP contribution in [0, 0.1) is 18.8 Å². The van der Waals surface area contributed by atoms with Crippen LogP contribution in [0.3, 0.4) is 0 Å². The number of hydrogen-bond donors (Lipinski definition) is 1. The van der Waals surface area contributed by atoms with E-state index >= 15 is 0 Å². The van der Waals surface area contributed by atoms with Gasteiger partial charge in [0.05, 0.1) is 35.9 Å². The third-order valence-electron chi connectivity index (χ3n) is 9.70. The van der Waals surface area contributed by atoms with Crippen LogP contribution in [0.2, 0.25) is 5.02 Å². The number of anilines is 1. The molecule has 2 aromatic carbocycles. The van der Waals surface area contributed by atoms with Crippen molar-refractivity contribution in [3.05, 3.63) is 89.0 Å². The monoisotopic (exact) mass is 618 g/mol. The highest BCUT2D eigenvalue weighted by molar-refractivity contribution is 6.34. The number of amides is 2.